The Morgan fingerprint density at radius 3 is 2.80 bits per heavy atom. The fraction of sp³-hybridized carbons (Fsp3) is 0.0833. The number of nitrogens with zero attached hydrogens (tertiary/aromatic N) is 2. The summed E-state index contributed by atoms with van der Waals surface area (Å²) in [7, 11) is 1.53. The van der Waals surface area contributed by atoms with E-state index in [4.69, 9.17) is 16.3 Å². The van der Waals surface area contributed by atoms with Crippen LogP contribution in [0.2, 0.25) is 5.15 Å². The second kappa shape index (κ2) is 6.06. The molecule has 0 radical (unpaired) electrons. The van der Waals surface area contributed by atoms with E-state index in [-0.39, 0.29) is 16.7 Å². The summed E-state index contributed by atoms with van der Waals surface area (Å²) in [5, 5.41) is 14.0. The summed E-state index contributed by atoms with van der Waals surface area (Å²) in [6, 6.07) is 7.85. The molecule has 2 aromatic rings. The molecule has 0 saturated carbocycles. The van der Waals surface area contributed by atoms with Crippen molar-refractivity contribution in [3.63, 3.8) is 0 Å². The Balaban J connectivity index is 2.39. The van der Waals surface area contributed by atoms with E-state index >= 15 is 0 Å². The molecule has 2 rings (SSSR count). The molecule has 1 N–H and O–H groups in total. The minimum atomic E-state index is -0.526. The van der Waals surface area contributed by atoms with Gasteiger partial charge in [0.15, 0.2) is 0 Å². The second-order valence-electron chi connectivity index (χ2n) is 3.73. The van der Waals surface area contributed by atoms with Crippen LogP contribution in [0.5, 0.6) is 5.75 Å². The summed E-state index contributed by atoms with van der Waals surface area (Å²) in [6.07, 6.45) is 0. The van der Waals surface area contributed by atoms with E-state index < -0.39 is 4.92 Å². The number of nitrogens with one attached hydrogen (secondary N) is 1. The maximum absolute atomic E-state index is 11.0. The van der Waals surface area contributed by atoms with Crippen LogP contribution in [0, 0.1) is 10.1 Å². The number of hydrogen-bond donors (Lipinski definition) is 1. The summed E-state index contributed by atoms with van der Waals surface area (Å²) in [6.45, 7) is 0. The lowest BCUT2D eigenvalue weighted by atomic mass is 10.3. The molecule has 1 heterocycles. The Hall–Kier alpha value is -1.86. The molecule has 0 aliphatic carbocycles. The number of pyridine rings is 1. The van der Waals surface area contributed by atoms with Gasteiger partial charge >= 0.3 is 5.69 Å². The van der Waals surface area contributed by atoms with E-state index in [9.17, 15) is 10.1 Å². The first-order valence-electron chi connectivity index (χ1n) is 5.43. The van der Waals surface area contributed by atoms with Crippen LogP contribution in [0.4, 0.5) is 17.2 Å². The number of anilines is 2. The van der Waals surface area contributed by atoms with Crippen molar-refractivity contribution in [2.24, 2.45) is 0 Å². The van der Waals surface area contributed by atoms with E-state index in [1.807, 2.05) is 0 Å². The third kappa shape index (κ3) is 3.17. The first-order valence-corrected chi connectivity index (χ1v) is 6.60. The lowest BCUT2D eigenvalue weighted by Crippen LogP contribution is -2.00. The average molecular weight is 359 g/mol. The zero-order chi connectivity index (χ0) is 14.7. The summed E-state index contributed by atoms with van der Waals surface area (Å²) in [4.78, 5) is 14.4. The van der Waals surface area contributed by atoms with E-state index in [0.29, 0.717) is 11.4 Å². The highest BCUT2D eigenvalue weighted by atomic mass is 79.9. The first kappa shape index (κ1) is 14.5. The van der Waals surface area contributed by atoms with Gasteiger partial charge in [-0.2, -0.15) is 0 Å². The third-order valence-electron chi connectivity index (χ3n) is 2.45. The van der Waals surface area contributed by atoms with E-state index in [2.05, 4.69) is 26.2 Å². The zero-order valence-corrected chi connectivity index (χ0v) is 12.6. The molecule has 0 unspecified atom stereocenters. The van der Waals surface area contributed by atoms with Crippen LogP contribution in [0.25, 0.3) is 0 Å². The normalized spacial score (nSPS) is 10.2. The van der Waals surface area contributed by atoms with Crippen molar-refractivity contribution in [2.45, 2.75) is 0 Å². The molecule has 8 heteroatoms. The van der Waals surface area contributed by atoms with Gasteiger partial charge in [0, 0.05) is 17.8 Å². The van der Waals surface area contributed by atoms with Crippen LogP contribution < -0.4 is 10.1 Å². The molecule has 0 atom stereocenters. The highest BCUT2D eigenvalue weighted by Gasteiger charge is 2.16. The molecule has 6 nitrogen and oxygen atoms in total. The number of methoxy groups -OCH3 is 1. The molecular formula is C12H9BrClN3O3. The number of aromatic nitrogens is 1. The van der Waals surface area contributed by atoms with Gasteiger partial charge in [-0.3, -0.25) is 10.1 Å². The predicted octanol–water partition coefficient (Wildman–Crippen LogP) is 4.16. The molecule has 0 spiro atoms. The Bertz CT molecular complexity index is 666. The SMILES string of the molecule is COc1cc(Nc2nc(Cl)ccc2[N+](=O)[O-])ccc1Br. The van der Waals surface area contributed by atoms with Gasteiger partial charge < -0.3 is 10.1 Å². The maximum Gasteiger partial charge on any atom is 0.311 e. The van der Waals surface area contributed by atoms with Gasteiger partial charge in [0.2, 0.25) is 5.82 Å². The largest absolute Gasteiger partial charge is 0.495 e. The van der Waals surface area contributed by atoms with Crippen LogP contribution in [0.1, 0.15) is 0 Å². The van der Waals surface area contributed by atoms with Gasteiger partial charge in [-0.15, -0.1) is 0 Å². The topological polar surface area (TPSA) is 77.3 Å². The van der Waals surface area contributed by atoms with E-state index in [1.165, 1.54) is 19.2 Å². The van der Waals surface area contributed by atoms with Gasteiger partial charge in [-0.05, 0) is 34.1 Å². The first-order chi connectivity index (χ1) is 9.51. The van der Waals surface area contributed by atoms with Crippen LogP contribution in [-0.4, -0.2) is 17.0 Å². The molecule has 0 aliphatic heterocycles. The van der Waals surface area contributed by atoms with E-state index in [1.54, 1.807) is 18.2 Å². The van der Waals surface area contributed by atoms with E-state index in [0.717, 1.165) is 4.47 Å². The van der Waals surface area contributed by atoms with Crippen molar-refractivity contribution in [3.8, 4) is 5.75 Å². The summed E-state index contributed by atoms with van der Waals surface area (Å²) in [5.41, 5.74) is 0.444. The Morgan fingerprint density at radius 2 is 2.15 bits per heavy atom. The van der Waals surface area contributed by atoms with Gasteiger partial charge in [0.25, 0.3) is 0 Å². The van der Waals surface area contributed by atoms with Crippen LogP contribution in [0.15, 0.2) is 34.8 Å². The quantitative estimate of drug-likeness (QED) is 0.504. The molecule has 20 heavy (non-hydrogen) atoms. The molecule has 0 amide bonds. The van der Waals surface area contributed by atoms with Crippen molar-refractivity contribution in [1.82, 2.24) is 4.98 Å². The number of hydrogen-bond acceptors (Lipinski definition) is 5. The Kier molecular flexibility index (Phi) is 4.41. The zero-order valence-electron chi connectivity index (χ0n) is 10.3. The van der Waals surface area contributed by atoms with Gasteiger partial charge in [-0.25, -0.2) is 4.98 Å². The smallest absolute Gasteiger partial charge is 0.311 e. The maximum atomic E-state index is 11.0. The van der Waals surface area contributed by atoms with Crippen molar-refractivity contribution in [3.05, 3.63) is 50.1 Å². The number of benzene rings is 1. The van der Waals surface area contributed by atoms with Crippen molar-refractivity contribution in [2.75, 3.05) is 12.4 Å². The fourth-order valence-electron chi connectivity index (χ4n) is 1.54. The highest BCUT2D eigenvalue weighted by molar-refractivity contribution is 9.10. The Morgan fingerprint density at radius 1 is 1.40 bits per heavy atom. The molecule has 1 aromatic carbocycles. The van der Waals surface area contributed by atoms with Crippen molar-refractivity contribution < 1.29 is 9.66 Å². The summed E-state index contributed by atoms with van der Waals surface area (Å²) < 4.78 is 5.93. The lowest BCUT2D eigenvalue weighted by Gasteiger charge is -2.09. The molecular weight excluding hydrogens is 350 g/mol. The number of rotatable bonds is 4. The molecule has 0 bridgehead atoms. The predicted molar refractivity (Wildman–Crippen MR) is 79.9 cm³/mol. The standard InChI is InChI=1S/C12H9BrClN3O3/c1-20-10-6-7(2-3-8(10)13)15-12-9(17(18)19)4-5-11(14)16-12/h2-6H,1H3,(H,15,16). The average Bonchev–Trinajstić information content (AvgIpc) is 2.40. The molecule has 1 aromatic heterocycles. The number of ether oxygens (including phenoxy) is 1. The molecule has 0 fully saturated rings. The number of nitro groups is 1. The second-order valence-corrected chi connectivity index (χ2v) is 4.97. The van der Waals surface area contributed by atoms with Gasteiger partial charge in [0.05, 0.1) is 16.5 Å². The molecule has 0 aliphatic rings. The van der Waals surface area contributed by atoms with Crippen LogP contribution in [-0.2, 0) is 0 Å². The van der Waals surface area contributed by atoms with Crippen molar-refractivity contribution >= 4 is 44.7 Å². The molecule has 0 saturated heterocycles. The van der Waals surface area contributed by atoms with Crippen molar-refractivity contribution in [1.29, 1.82) is 0 Å². The van der Waals surface area contributed by atoms with Gasteiger partial charge in [-0.1, -0.05) is 11.6 Å². The monoisotopic (exact) mass is 357 g/mol. The third-order valence-corrected chi connectivity index (χ3v) is 3.32. The fourth-order valence-corrected chi connectivity index (χ4v) is 2.10. The highest BCUT2D eigenvalue weighted by Crippen LogP contribution is 2.31. The lowest BCUT2D eigenvalue weighted by molar-refractivity contribution is -0.384. The summed E-state index contributed by atoms with van der Waals surface area (Å²) >= 11 is 9.09. The number of halogens is 2. The van der Waals surface area contributed by atoms with Gasteiger partial charge in [0.1, 0.15) is 10.9 Å². The summed E-state index contributed by atoms with van der Waals surface area (Å²) in [5.74, 6) is 0.673. The minimum Gasteiger partial charge on any atom is -0.495 e. The van der Waals surface area contributed by atoms with Crippen LogP contribution in [0.3, 0.4) is 0 Å². The minimum absolute atomic E-state index is 0.0758. The Labute approximate surface area is 128 Å². The molecule has 104 valence electrons. The van der Waals surface area contributed by atoms with Crippen LogP contribution >= 0.6 is 27.5 Å².